The molecule has 0 spiro atoms. The Morgan fingerprint density at radius 1 is 1.21 bits per heavy atom. The predicted octanol–water partition coefficient (Wildman–Crippen LogP) is 2.63. The molecule has 0 aliphatic carbocycles. The Kier molecular flexibility index (Phi) is 2.88. The average molecular weight is 204 g/mol. The van der Waals surface area contributed by atoms with Gasteiger partial charge in [0.1, 0.15) is 6.04 Å². The van der Waals surface area contributed by atoms with Gasteiger partial charge in [0.2, 0.25) is 0 Å². The van der Waals surface area contributed by atoms with E-state index in [0.717, 1.165) is 6.92 Å². The summed E-state index contributed by atoms with van der Waals surface area (Å²) in [6.07, 6.45) is -4.23. The lowest BCUT2D eigenvalue weighted by atomic mass is 10.2. The number of benzene rings is 1. The summed E-state index contributed by atoms with van der Waals surface area (Å²) in [4.78, 5) is 0. The molecule has 0 aliphatic rings. The van der Waals surface area contributed by atoms with Gasteiger partial charge in [0.25, 0.3) is 0 Å². The number of halogens is 3. The van der Waals surface area contributed by atoms with Gasteiger partial charge in [-0.15, -0.1) is 0 Å². The fourth-order valence-electron chi connectivity index (χ4n) is 0.911. The van der Waals surface area contributed by atoms with E-state index in [1.54, 1.807) is 12.1 Å². The van der Waals surface area contributed by atoms with Gasteiger partial charge in [-0.2, -0.15) is 13.2 Å². The Bertz CT molecular complexity index is 292. The summed E-state index contributed by atoms with van der Waals surface area (Å²) in [5, 5.41) is 2.33. The molecule has 1 atom stereocenters. The zero-order valence-corrected chi connectivity index (χ0v) is 7.60. The van der Waals surface area contributed by atoms with Crippen molar-refractivity contribution in [1.82, 2.24) is 0 Å². The lowest BCUT2D eigenvalue weighted by Gasteiger charge is -2.18. The SMILES string of the molecule is CC(Nc1ccc(N)cc1)C(F)(F)F. The molecule has 0 heterocycles. The van der Waals surface area contributed by atoms with Crippen molar-refractivity contribution in [3.05, 3.63) is 24.3 Å². The lowest BCUT2D eigenvalue weighted by molar-refractivity contribution is -0.138. The molecule has 1 aromatic carbocycles. The first-order valence-electron chi connectivity index (χ1n) is 4.08. The fourth-order valence-corrected chi connectivity index (χ4v) is 0.911. The summed E-state index contributed by atoms with van der Waals surface area (Å²) in [5.74, 6) is 0. The van der Waals surface area contributed by atoms with Gasteiger partial charge in [-0.1, -0.05) is 0 Å². The summed E-state index contributed by atoms with van der Waals surface area (Å²) < 4.78 is 36.4. The highest BCUT2D eigenvalue weighted by molar-refractivity contribution is 5.51. The summed E-state index contributed by atoms with van der Waals surface area (Å²) >= 11 is 0. The van der Waals surface area contributed by atoms with Crippen LogP contribution in [0.5, 0.6) is 0 Å². The van der Waals surface area contributed by atoms with E-state index in [4.69, 9.17) is 5.73 Å². The average Bonchev–Trinajstić information content (AvgIpc) is 2.07. The van der Waals surface area contributed by atoms with Crippen LogP contribution >= 0.6 is 0 Å². The van der Waals surface area contributed by atoms with Crippen LogP contribution in [0, 0.1) is 0 Å². The number of nitrogens with two attached hydrogens (primary N) is 1. The van der Waals surface area contributed by atoms with E-state index < -0.39 is 12.2 Å². The number of alkyl halides is 3. The summed E-state index contributed by atoms with van der Waals surface area (Å²) in [5.41, 5.74) is 6.32. The molecule has 1 unspecified atom stereocenters. The van der Waals surface area contributed by atoms with E-state index in [0.29, 0.717) is 11.4 Å². The molecule has 0 bridgehead atoms. The molecule has 1 rings (SSSR count). The molecular formula is C9H11F3N2. The predicted molar refractivity (Wildman–Crippen MR) is 50.0 cm³/mol. The van der Waals surface area contributed by atoms with Crippen molar-refractivity contribution in [2.24, 2.45) is 0 Å². The minimum Gasteiger partial charge on any atom is -0.399 e. The van der Waals surface area contributed by atoms with Crippen molar-refractivity contribution in [3.63, 3.8) is 0 Å². The van der Waals surface area contributed by atoms with Crippen LogP contribution in [0.15, 0.2) is 24.3 Å². The maximum absolute atomic E-state index is 12.1. The van der Waals surface area contributed by atoms with Crippen LogP contribution in [0.3, 0.4) is 0 Å². The normalized spacial score (nSPS) is 13.7. The highest BCUT2D eigenvalue weighted by Gasteiger charge is 2.35. The van der Waals surface area contributed by atoms with Crippen LogP contribution in [0.1, 0.15) is 6.92 Å². The maximum Gasteiger partial charge on any atom is 0.408 e. The highest BCUT2D eigenvalue weighted by Crippen LogP contribution is 2.23. The van der Waals surface area contributed by atoms with Crippen LogP contribution in [-0.2, 0) is 0 Å². The molecule has 3 N–H and O–H groups in total. The number of nitrogen functional groups attached to an aromatic ring is 1. The van der Waals surface area contributed by atoms with Gasteiger partial charge in [0.05, 0.1) is 0 Å². The molecule has 0 saturated carbocycles. The third kappa shape index (κ3) is 2.83. The van der Waals surface area contributed by atoms with Crippen LogP contribution in [-0.4, -0.2) is 12.2 Å². The minimum atomic E-state index is -4.23. The van der Waals surface area contributed by atoms with E-state index in [1.165, 1.54) is 12.1 Å². The summed E-state index contributed by atoms with van der Waals surface area (Å²) in [7, 11) is 0. The monoisotopic (exact) mass is 204 g/mol. The molecule has 2 nitrogen and oxygen atoms in total. The van der Waals surface area contributed by atoms with Gasteiger partial charge >= 0.3 is 6.18 Å². The quantitative estimate of drug-likeness (QED) is 0.727. The second kappa shape index (κ2) is 3.77. The minimum absolute atomic E-state index is 0.407. The third-order valence-electron chi connectivity index (χ3n) is 1.78. The molecule has 0 radical (unpaired) electrons. The molecule has 14 heavy (non-hydrogen) atoms. The third-order valence-corrected chi connectivity index (χ3v) is 1.78. The summed E-state index contributed by atoms with van der Waals surface area (Å²) in [6, 6.07) is 4.55. The Labute approximate surface area is 79.9 Å². The smallest absolute Gasteiger partial charge is 0.399 e. The lowest BCUT2D eigenvalue weighted by Crippen LogP contribution is -2.32. The second-order valence-electron chi connectivity index (χ2n) is 3.03. The van der Waals surface area contributed by atoms with Gasteiger partial charge in [-0.25, -0.2) is 0 Å². The van der Waals surface area contributed by atoms with E-state index in [-0.39, 0.29) is 0 Å². The van der Waals surface area contributed by atoms with E-state index >= 15 is 0 Å². The molecule has 0 aliphatic heterocycles. The van der Waals surface area contributed by atoms with Crippen LogP contribution < -0.4 is 11.1 Å². The van der Waals surface area contributed by atoms with Gasteiger partial charge in [-0.05, 0) is 31.2 Å². The number of hydrogen-bond acceptors (Lipinski definition) is 2. The van der Waals surface area contributed by atoms with Crippen molar-refractivity contribution in [2.75, 3.05) is 11.1 Å². The number of nitrogens with one attached hydrogen (secondary N) is 1. The first-order valence-corrected chi connectivity index (χ1v) is 4.08. The molecule has 1 aromatic rings. The van der Waals surface area contributed by atoms with E-state index in [2.05, 4.69) is 5.32 Å². The maximum atomic E-state index is 12.1. The van der Waals surface area contributed by atoms with Crippen molar-refractivity contribution in [1.29, 1.82) is 0 Å². The first kappa shape index (κ1) is 10.7. The highest BCUT2D eigenvalue weighted by atomic mass is 19.4. The van der Waals surface area contributed by atoms with Crippen molar-refractivity contribution < 1.29 is 13.2 Å². The van der Waals surface area contributed by atoms with Crippen molar-refractivity contribution in [2.45, 2.75) is 19.1 Å². The topological polar surface area (TPSA) is 38.0 Å². The standard InChI is InChI=1S/C9H11F3N2/c1-6(9(10,11)12)14-8-4-2-7(13)3-5-8/h2-6,14H,13H2,1H3. The van der Waals surface area contributed by atoms with E-state index in [9.17, 15) is 13.2 Å². The second-order valence-corrected chi connectivity index (χ2v) is 3.03. The molecule has 78 valence electrons. The molecule has 5 heteroatoms. The largest absolute Gasteiger partial charge is 0.408 e. The zero-order valence-electron chi connectivity index (χ0n) is 7.60. The number of anilines is 2. The fraction of sp³-hybridized carbons (Fsp3) is 0.333. The molecule has 0 amide bonds. The Hall–Kier alpha value is -1.39. The van der Waals surface area contributed by atoms with Crippen molar-refractivity contribution in [3.8, 4) is 0 Å². The van der Waals surface area contributed by atoms with E-state index in [1.807, 2.05) is 0 Å². The van der Waals surface area contributed by atoms with Crippen LogP contribution in [0.2, 0.25) is 0 Å². The van der Waals surface area contributed by atoms with Crippen molar-refractivity contribution >= 4 is 11.4 Å². The Morgan fingerprint density at radius 2 is 1.71 bits per heavy atom. The molecule has 0 aromatic heterocycles. The number of rotatable bonds is 2. The Balaban J connectivity index is 2.65. The molecule has 0 fully saturated rings. The first-order chi connectivity index (χ1) is 6.39. The van der Waals surface area contributed by atoms with Gasteiger partial charge in [0.15, 0.2) is 0 Å². The number of hydrogen-bond donors (Lipinski definition) is 2. The van der Waals surface area contributed by atoms with Gasteiger partial charge in [-0.3, -0.25) is 0 Å². The Morgan fingerprint density at radius 3 is 2.14 bits per heavy atom. The molecular weight excluding hydrogens is 193 g/mol. The van der Waals surface area contributed by atoms with Gasteiger partial charge in [0, 0.05) is 11.4 Å². The summed E-state index contributed by atoms with van der Waals surface area (Å²) in [6.45, 7) is 1.07. The van der Waals surface area contributed by atoms with Gasteiger partial charge < -0.3 is 11.1 Å². The van der Waals surface area contributed by atoms with Crippen LogP contribution in [0.25, 0.3) is 0 Å². The zero-order chi connectivity index (χ0) is 10.8. The van der Waals surface area contributed by atoms with Crippen LogP contribution in [0.4, 0.5) is 24.5 Å². The molecule has 0 saturated heterocycles.